The Morgan fingerprint density at radius 2 is 1.71 bits per heavy atom. The Labute approximate surface area is 173 Å². The summed E-state index contributed by atoms with van der Waals surface area (Å²) in [5.41, 5.74) is 0.531. The molecule has 0 bridgehead atoms. The van der Waals surface area contributed by atoms with E-state index in [-0.39, 0.29) is 11.2 Å². The Hall–Kier alpha value is -2.63. The molecule has 1 N–H and O–H groups in total. The average molecular weight is 414 g/mol. The number of thioether (sulfide) groups is 1. The van der Waals surface area contributed by atoms with Crippen molar-refractivity contribution in [1.82, 2.24) is 0 Å². The molecule has 0 aliphatic heterocycles. The number of benzene rings is 3. The second-order valence-electron chi connectivity index (χ2n) is 5.98. The van der Waals surface area contributed by atoms with Crippen LogP contribution in [0, 0.1) is 0 Å². The lowest BCUT2D eigenvalue weighted by atomic mass is 10.2. The quantitative estimate of drug-likeness (QED) is 0.464. The molecular formula is C22H20ClNO3S. The number of hydrogen-bond donors (Lipinski definition) is 1. The van der Waals surface area contributed by atoms with E-state index in [2.05, 4.69) is 5.32 Å². The molecule has 0 heterocycles. The lowest BCUT2D eigenvalue weighted by Crippen LogP contribution is -2.22. The highest BCUT2D eigenvalue weighted by molar-refractivity contribution is 8.00. The number of amides is 1. The molecule has 0 aliphatic rings. The van der Waals surface area contributed by atoms with Gasteiger partial charge < -0.3 is 14.8 Å². The topological polar surface area (TPSA) is 47.6 Å². The second-order valence-corrected chi connectivity index (χ2v) is 7.83. The van der Waals surface area contributed by atoms with Crippen LogP contribution >= 0.6 is 23.4 Å². The van der Waals surface area contributed by atoms with Crippen molar-refractivity contribution in [2.24, 2.45) is 0 Å². The maximum absolute atomic E-state index is 12.7. The summed E-state index contributed by atoms with van der Waals surface area (Å²) in [6.07, 6.45) is 0. The van der Waals surface area contributed by atoms with Crippen molar-refractivity contribution < 1.29 is 14.3 Å². The molecule has 1 atom stereocenters. The van der Waals surface area contributed by atoms with Crippen molar-refractivity contribution in [3.63, 3.8) is 0 Å². The van der Waals surface area contributed by atoms with Crippen LogP contribution in [0.1, 0.15) is 6.92 Å². The summed E-state index contributed by atoms with van der Waals surface area (Å²) in [6, 6.07) is 22.1. The van der Waals surface area contributed by atoms with Crippen molar-refractivity contribution in [1.29, 1.82) is 0 Å². The van der Waals surface area contributed by atoms with Gasteiger partial charge in [0, 0.05) is 9.92 Å². The first kappa shape index (κ1) is 20.1. The second kappa shape index (κ2) is 9.53. The lowest BCUT2D eigenvalue weighted by molar-refractivity contribution is -0.115. The van der Waals surface area contributed by atoms with Crippen LogP contribution in [0.25, 0.3) is 0 Å². The fraction of sp³-hybridized carbons (Fsp3) is 0.136. The van der Waals surface area contributed by atoms with E-state index in [4.69, 9.17) is 21.1 Å². The van der Waals surface area contributed by atoms with E-state index in [0.717, 1.165) is 10.6 Å². The van der Waals surface area contributed by atoms with E-state index in [9.17, 15) is 4.79 Å². The minimum Gasteiger partial charge on any atom is -0.497 e. The van der Waals surface area contributed by atoms with Gasteiger partial charge in [-0.2, -0.15) is 0 Å². The third-order valence-corrected chi connectivity index (χ3v) is 5.26. The Morgan fingerprint density at radius 1 is 1.00 bits per heavy atom. The molecule has 0 spiro atoms. The Bertz CT molecular complexity index is 932. The van der Waals surface area contributed by atoms with Crippen LogP contribution in [-0.4, -0.2) is 18.3 Å². The van der Waals surface area contributed by atoms with Crippen LogP contribution in [0.15, 0.2) is 77.7 Å². The molecule has 4 nitrogen and oxygen atoms in total. The molecule has 6 heteroatoms. The van der Waals surface area contributed by atoms with Crippen molar-refractivity contribution in [2.75, 3.05) is 12.4 Å². The highest BCUT2D eigenvalue weighted by atomic mass is 35.5. The summed E-state index contributed by atoms with van der Waals surface area (Å²) in [4.78, 5) is 13.7. The van der Waals surface area contributed by atoms with E-state index in [1.54, 1.807) is 25.3 Å². The van der Waals surface area contributed by atoms with Gasteiger partial charge in [0.1, 0.15) is 11.5 Å². The van der Waals surface area contributed by atoms with E-state index in [0.29, 0.717) is 22.2 Å². The zero-order chi connectivity index (χ0) is 19.9. The summed E-state index contributed by atoms with van der Waals surface area (Å²) in [6.45, 7) is 1.85. The van der Waals surface area contributed by atoms with Gasteiger partial charge in [-0.1, -0.05) is 29.8 Å². The molecule has 0 fully saturated rings. The summed E-state index contributed by atoms with van der Waals surface area (Å²) in [5, 5.41) is 3.13. The summed E-state index contributed by atoms with van der Waals surface area (Å²) in [5.74, 6) is 1.86. The number of methoxy groups -OCH3 is 1. The first-order valence-electron chi connectivity index (χ1n) is 8.69. The number of para-hydroxylation sites is 1. The van der Waals surface area contributed by atoms with Crippen molar-refractivity contribution in [2.45, 2.75) is 17.1 Å². The summed E-state index contributed by atoms with van der Waals surface area (Å²) in [7, 11) is 1.62. The monoisotopic (exact) mass is 413 g/mol. The first-order valence-corrected chi connectivity index (χ1v) is 9.95. The summed E-state index contributed by atoms with van der Waals surface area (Å²) >= 11 is 7.58. The highest BCUT2D eigenvalue weighted by Crippen LogP contribution is 2.33. The molecule has 3 aromatic rings. The van der Waals surface area contributed by atoms with E-state index >= 15 is 0 Å². The highest BCUT2D eigenvalue weighted by Gasteiger charge is 2.17. The smallest absolute Gasteiger partial charge is 0.237 e. The molecule has 0 aromatic heterocycles. The minimum absolute atomic E-state index is 0.138. The van der Waals surface area contributed by atoms with Crippen molar-refractivity contribution in [3.8, 4) is 17.2 Å². The molecule has 0 unspecified atom stereocenters. The molecule has 0 radical (unpaired) electrons. The molecule has 1 amide bonds. The minimum atomic E-state index is -0.308. The van der Waals surface area contributed by atoms with Gasteiger partial charge in [-0.05, 0) is 61.5 Å². The fourth-order valence-corrected chi connectivity index (χ4v) is 3.49. The SMILES string of the molecule is COc1ccc(S[C@@H](C)C(=O)Nc2cc(Cl)ccc2Oc2ccccc2)cc1. The van der Waals surface area contributed by atoms with Crippen molar-refractivity contribution >= 4 is 35.0 Å². The number of halogens is 1. The van der Waals surface area contributed by atoms with Gasteiger partial charge in [0.05, 0.1) is 18.0 Å². The van der Waals surface area contributed by atoms with E-state index in [1.165, 1.54) is 11.8 Å². The molecular weight excluding hydrogens is 394 g/mol. The van der Waals surface area contributed by atoms with Crippen molar-refractivity contribution in [3.05, 3.63) is 77.8 Å². The van der Waals surface area contributed by atoms with Gasteiger partial charge >= 0.3 is 0 Å². The Morgan fingerprint density at radius 3 is 2.39 bits per heavy atom. The predicted molar refractivity (Wildman–Crippen MR) is 115 cm³/mol. The van der Waals surface area contributed by atoms with Gasteiger partial charge in [0.25, 0.3) is 0 Å². The predicted octanol–water partition coefficient (Wildman–Crippen LogP) is 6.26. The normalized spacial score (nSPS) is 11.5. The Balaban J connectivity index is 1.70. The standard InChI is InChI=1S/C22H20ClNO3S/c1-15(28-19-11-9-17(26-2)10-12-19)22(25)24-20-14-16(23)8-13-21(20)27-18-6-4-3-5-7-18/h3-15H,1-2H3,(H,24,25)/t15-/m0/s1. The van der Waals surface area contributed by atoms with Gasteiger partial charge in [-0.15, -0.1) is 11.8 Å². The third-order valence-electron chi connectivity index (χ3n) is 3.91. The molecule has 0 aliphatic carbocycles. The zero-order valence-electron chi connectivity index (χ0n) is 15.5. The maximum atomic E-state index is 12.7. The number of carbonyl (C=O) groups is 1. The number of anilines is 1. The van der Waals surface area contributed by atoms with Gasteiger partial charge in [0.2, 0.25) is 5.91 Å². The number of hydrogen-bond acceptors (Lipinski definition) is 4. The number of rotatable bonds is 7. The lowest BCUT2D eigenvalue weighted by Gasteiger charge is -2.16. The van der Waals surface area contributed by atoms with E-state index in [1.807, 2.05) is 61.5 Å². The summed E-state index contributed by atoms with van der Waals surface area (Å²) < 4.78 is 11.1. The first-order chi connectivity index (χ1) is 13.5. The number of carbonyl (C=O) groups excluding carboxylic acids is 1. The fourth-order valence-electron chi connectivity index (χ4n) is 2.45. The van der Waals surface area contributed by atoms with E-state index < -0.39 is 0 Å². The van der Waals surface area contributed by atoms with Crippen LogP contribution in [0.4, 0.5) is 5.69 Å². The molecule has 3 rings (SSSR count). The Kier molecular flexibility index (Phi) is 6.85. The van der Waals surface area contributed by atoms with Crippen LogP contribution in [0.2, 0.25) is 5.02 Å². The van der Waals surface area contributed by atoms with Crippen LogP contribution in [0.3, 0.4) is 0 Å². The zero-order valence-corrected chi connectivity index (χ0v) is 17.1. The molecule has 3 aromatic carbocycles. The number of ether oxygens (including phenoxy) is 2. The molecule has 144 valence electrons. The maximum Gasteiger partial charge on any atom is 0.237 e. The van der Waals surface area contributed by atoms with Crippen LogP contribution < -0.4 is 14.8 Å². The third kappa shape index (κ3) is 5.44. The molecule has 28 heavy (non-hydrogen) atoms. The largest absolute Gasteiger partial charge is 0.497 e. The average Bonchev–Trinajstić information content (AvgIpc) is 2.71. The van der Waals surface area contributed by atoms with Gasteiger partial charge in [0.15, 0.2) is 5.75 Å². The van der Waals surface area contributed by atoms with Crippen LogP contribution in [0.5, 0.6) is 17.2 Å². The van der Waals surface area contributed by atoms with Crippen LogP contribution in [-0.2, 0) is 4.79 Å². The van der Waals surface area contributed by atoms with Gasteiger partial charge in [-0.25, -0.2) is 0 Å². The molecule has 0 saturated carbocycles. The molecule has 0 saturated heterocycles. The van der Waals surface area contributed by atoms with Gasteiger partial charge in [-0.3, -0.25) is 4.79 Å². The number of nitrogens with one attached hydrogen (secondary N) is 1.